The van der Waals surface area contributed by atoms with Gasteiger partial charge in [-0.2, -0.15) is 0 Å². The van der Waals surface area contributed by atoms with Crippen molar-refractivity contribution in [2.75, 3.05) is 5.32 Å². The number of esters is 1. The van der Waals surface area contributed by atoms with Gasteiger partial charge in [-0.25, -0.2) is 9.59 Å². The first-order chi connectivity index (χ1) is 14.0. The Morgan fingerprint density at radius 2 is 1.83 bits per heavy atom. The second-order valence-corrected chi connectivity index (χ2v) is 6.86. The highest BCUT2D eigenvalue weighted by atomic mass is 16.5. The molecule has 0 saturated heterocycles. The molecular weight excluding hydrogens is 370 g/mol. The number of rotatable bonds is 7. The van der Waals surface area contributed by atoms with Crippen LogP contribution < -0.4 is 10.9 Å². The maximum Gasteiger partial charge on any atom is 0.338 e. The van der Waals surface area contributed by atoms with Crippen molar-refractivity contribution in [3.8, 4) is 0 Å². The highest BCUT2D eigenvalue weighted by Gasteiger charge is 2.12. The van der Waals surface area contributed by atoms with Crippen LogP contribution in [0.1, 0.15) is 48.2 Å². The third kappa shape index (κ3) is 5.31. The number of ether oxygens (including phenoxy) is 1. The molecule has 1 aromatic heterocycles. The summed E-state index contributed by atoms with van der Waals surface area (Å²) < 4.78 is 10.6. The predicted octanol–water partition coefficient (Wildman–Crippen LogP) is 4.45. The molecule has 0 aliphatic heterocycles. The Hall–Kier alpha value is -3.41. The Bertz CT molecular complexity index is 1080. The second kappa shape index (κ2) is 9.19. The SMILES string of the molecule is CCCCc1ccc(C(=O)OCc2cc(=O)oc3cc(NC(C)=O)ccc23)cc1. The third-order valence-corrected chi connectivity index (χ3v) is 4.52. The van der Waals surface area contributed by atoms with Crippen molar-refractivity contribution in [2.24, 2.45) is 0 Å². The Kier molecular flexibility index (Phi) is 6.44. The Morgan fingerprint density at radius 1 is 1.07 bits per heavy atom. The van der Waals surface area contributed by atoms with E-state index in [-0.39, 0.29) is 12.5 Å². The number of fused-ring (bicyclic) bond motifs is 1. The number of aryl methyl sites for hydroxylation is 1. The van der Waals surface area contributed by atoms with E-state index < -0.39 is 11.6 Å². The minimum absolute atomic E-state index is 0.0575. The fourth-order valence-corrected chi connectivity index (χ4v) is 3.05. The summed E-state index contributed by atoms with van der Waals surface area (Å²) in [5.74, 6) is -0.680. The first-order valence-electron chi connectivity index (χ1n) is 9.56. The fraction of sp³-hybridized carbons (Fsp3) is 0.261. The molecule has 0 saturated carbocycles. The van der Waals surface area contributed by atoms with Gasteiger partial charge in [0.15, 0.2) is 0 Å². The minimum Gasteiger partial charge on any atom is -0.457 e. The van der Waals surface area contributed by atoms with Gasteiger partial charge in [0.25, 0.3) is 0 Å². The summed E-state index contributed by atoms with van der Waals surface area (Å²) in [7, 11) is 0. The molecule has 6 nitrogen and oxygen atoms in total. The van der Waals surface area contributed by atoms with Crippen LogP contribution >= 0.6 is 0 Å². The fourth-order valence-electron chi connectivity index (χ4n) is 3.05. The molecule has 2 aromatic carbocycles. The Balaban J connectivity index is 1.75. The average molecular weight is 393 g/mol. The van der Waals surface area contributed by atoms with Gasteiger partial charge in [-0.3, -0.25) is 4.79 Å². The van der Waals surface area contributed by atoms with Crippen molar-refractivity contribution in [3.63, 3.8) is 0 Å². The predicted molar refractivity (Wildman–Crippen MR) is 111 cm³/mol. The molecule has 3 aromatic rings. The van der Waals surface area contributed by atoms with Crippen molar-refractivity contribution in [1.82, 2.24) is 0 Å². The van der Waals surface area contributed by atoms with Gasteiger partial charge in [0.1, 0.15) is 12.2 Å². The van der Waals surface area contributed by atoms with Crippen molar-refractivity contribution in [1.29, 1.82) is 0 Å². The summed E-state index contributed by atoms with van der Waals surface area (Å²) in [6.45, 7) is 3.48. The van der Waals surface area contributed by atoms with E-state index in [9.17, 15) is 14.4 Å². The quantitative estimate of drug-likeness (QED) is 0.473. The first-order valence-corrected chi connectivity index (χ1v) is 9.56. The molecule has 1 N–H and O–H groups in total. The number of unbranched alkanes of at least 4 members (excludes halogenated alkanes) is 1. The lowest BCUT2D eigenvalue weighted by atomic mass is 10.1. The smallest absolute Gasteiger partial charge is 0.338 e. The molecule has 0 radical (unpaired) electrons. The van der Waals surface area contributed by atoms with Gasteiger partial charge in [0.05, 0.1) is 5.56 Å². The van der Waals surface area contributed by atoms with Crippen LogP contribution in [0.5, 0.6) is 0 Å². The molecule has 1 amide bonds. The van der Waals surface area contributed by atoms with E-state index in [2.05, 4.69) is 12.2 Å². The summed E-state index contributed by atoms with van der Waals surface area (Å²) in [6, 6.07) is 13.7. The molecule has 0 bridgehead atoms. The average Bonchev–Trinajstić information content (AvgIpc) is 2.69. The van der Waals surface area contributed by atoms with Crippen LogP contribution in [-0.4, -0.2) is 11.9 Å². The van der Waals surface area contributed by atoms with Crippen LogP contribution in [0.15, 0.2) is 57.7 Å². The highest BCUT2D eigenvalue weighted by molar-refractivity contribution is 5.92. The van der Waals surface area contributed by atoms with Crippen LogP contribution in [0.3, 0.4) is 0 Å². The number of amides is 1. The van der Waals surface area contributed by atoms with Gasteiger partial charge < -0.3 is 14.5 Å². The molecule has 0 aliphatic rings. The molecule has 0 spiro atoms. The van der Waals surface area contributed by atoms with Crippen molar-refractivity contribution >= 4 is 28.5 Å². The normalized spacial score (nSPS) is 10.7. The van der Waals surface area contributed by atoms with Crippen LogP contribution in [0.2, 0.25) is 0 Å². The topological polar surface area (TPSA) is 85.6 Å². The minimum atomic E-state index is -0.552. The van der Waals surface area contributed by atoms with E-state index in [4.69, 9.17) is 9.15 Å². The lowest BCUT2D eigenvalue weighted by Gasteiger charge is -2.09. The number of hydrogen-bond acceptors (Lipinski definition) is 5. The van der Waals surface area contributed by atoms with Crippen LogP contribution in [-0.2, 0) is 22.6 Å². The summed E-state index contributed by atoms with van der Waals surface area (Å²) >= 11 is 0. The summed E-state index contributed by atoms with van der Waals surface area (Å²) in [5.41, 5.74) is 2.47. The van der Waals surface area contributed by atoms with Crippen LogP contribution in [0, 0.1) is 0 Å². The van der Waals surface area contributed by atoms with Gasteiger partial charge in [-0.05, 0) is 42.7 Å². The number of nitrogens with one attached hydrogen (secondary N) is 1. The van der Waals surface area contributed by atoms with Gasteiger partial charge >= 0.3 is 11.6 Å². The number of benzene rings is 2. The maximum atomic E-state index is 12.4. The van der Waals surface area contributed by atoms with Crippen molar-refractivity contribution in [2.45, 2.75) is 39.7 Å². The van der Waals surface area contributed by atoms with Gasteiger partial charge in [-0.1, -0.05) is 25.5 Å². The van der Waals surface area contributed by atoms with Gasteiger partial charge in [-0.15, -0.1) is 0 Å². The van der Waals surface area contributed by atoms with Crippen LogP contribution in [0.4, 0.5) is 5.69 Å². The van der Waals surface area contributed by atoms with E-state index >= 15 is 0 Å². The standard InChI is InChI=1S/C23H23NO5/c1-3-4-5-16-6-8-17(9-7-16)23(27)28-14-18-12-22(26)29-21-13-19(24-15(2)25)10-11-20(18)21/h6-13H,3-5,14H2,1-2H3,(H,24,25). The van der Waals surface area contributed by atoms with Gasteiger partial charge in [0.2, 0.25) is 5.91 Å². The van der Waals surface area contributed by atoms with Gasteiger partial charge in [0, 0.05) is 35.7 Å². The molecular formula is C23H23NO5. The molecule has 1 heterocycles. The summed E-state index contributed by atoms with van der Waals surface area (Å²) in [5, 5.41) is 3.28. The van der Waals surface area contributed by atoms with E-state index in [0.29, 0.717) is 27.8 Å². The molecule has 29 heavy (non-hydrogen) atoms. The zero-order chi connectivity index (χ0) is 20.8. The number of carbonyl (C=O) groups excluding carboxylic acids is 2. The zero-order valence-electron chi connectivity index (χ0n) is 16.5. The Morgan fingerprint density at radius 3 is 2.52 bits per heavy atom. The van der Waals surface area contributed by atoms with E-state index in [0.717, 1.165) is 19.3 Å². The summed E-state index contributed by atoms with van der Waals surface area (Å²) in [6.07, 6.45) is 3.21. The monoisotopic (exact) mass is 393 g/mol. The largest absolute Gasteiger partial charge is 0.457 e. The number of hydrogen-bond donors (Lipinski definition) is 1. The molecule has 0 atom stereocenters. The lowest BCUT2D eigenvalue weighted by Crippen LogP contribution is -2.09. The molecule has 0 fully saturated rings. The molecule has 0 aliphatic carbocycles. The highest BCUT2D eigenvalue weighted by Crippen LogP contribution is 2.22. The van der Waals surface area contributed by atoms with Crippen molar-refractivity contribution in [3.05, 3.63) is 75.6 Å². The number of carbonyl (C=O) groups is 2. The first kappa shape index (κ1) is 20.3. The maximum absolute atomic E-state index is 12.4. The van der Waals surface area contributed by atoms with E-state index in [1.54, 1.807) is 30.3 Å². The van der Waals surface area contributed by atoms with E-state index in [1.165, 1.54) is 18.6 Å². The third-order valence-electron chi connectivity index (χ3n) is 4.52. The number of anilines is 1. The second-order valence-electron chi connectivity index (χ2n) is 6.86. The molecule has 3 rings (SSSR count). The molecule has 0 unspecified atom stereocenters. The molecule has 150 valence electrons. The van der Waals surface area contributed by atoms with E-state index in [1.807, 2.05) is 12.1 Å². The van der Waals surface area contributed by atoms with Crippen LogP contribution in [0.25, 0.3) is 11.0 Å². The van der Waals surface area contributed by atoms with Crippen molar-refractivity contribution < 1.29 is 18.7 Å². The summed E-state index contributed by atoms with van der Waals surface area (Å²) in [4.78, 5) is 35.5. The molecule has 6 heteroatoms. The lowest BCUT2D eigenvalue weighted by molar-refractivity contribution is -0.114. The Labute approximate surface area is 168 Å². The zero-order valence-corrected chi connectivity index (χ0v) is 16.5.